The van der Waals surface area contributed by atoms with E-state index < -0.39 is 0 Å². The van der Waals surface area contributed by atoms with Crippen LogP contribution in [0.5, 0.6) is 0 Å². The first kappa shape index (κ1) is 76.7. The number of furan rings is 2. The zero-order valence-electron chi connectivity index (χ0n) is 72.8. The molecule has 0 spiro atoms. The monoisotopic (exact) mass is 1650 g/mol. The molecule has 20 aromatic carbocycles. The van der Waals surface area contributed by atoms with E-state index in [1.165, 1.54) is 155 Å². The Kier molecular flexibility index (Phi) is 18.0. The molecule has 0 bridgehead atoms. The van der Waals surface area contributed by atoms with Crippen LogP contribution in [-0.4, -0.2) is 0 Å². The van der Waals surface area contributed by atoms with Crippen molar-refractivity contribution in [1.82, 2.24) is 0 Å². The third kappa shape index (κ3) is 13.0. The molecule has 0 atom stereocenters. The van der Waals surface area contributed by atoms with Crippen LogP contribution in [0.4, 0.5) is 34.1 Å². The summed E-state index contributed by atoms with van der Waals surface area (Å²) in [5.41, 5.74) is 42.8. The quantitative estimate of drug-likeness (QED) is 0.115. The lowest BCUT2D eigenvalue weighted by molar-refractivity contribution is 0.660. The van der Waals surface area contributed by atoms with Gasteiger partial charge in [-0.15, -0.1) is 0 Å². The maximum atomic E-state index is 6.19. The van der Waals surface area contributed by atoms with Gasteiger partial charge in [0.1, 0.15) is 22.3 Å². The van der Waals surface area contributed by atoms with Gasteiger partial charge in [-0.2, -0.15) is 0 Å². The lowest BCUT2D eigenvalue weighted by atomic mass is 9.81. The smallest absolute Gasteiger partial charge is 0.135 e. The van der Waals surface area contributed by atoms with Crippen molar-refractivity contribution in [1.29, 1.82) is 0 Å². The van der Waals surface area contributed by atoms with E-state index in [1.54, 1.807) is 0 Å². The van der Waals surface area contributed by atoms with Crippen molar-refractivity contribution in [3.63, 3.8) is 0 Å². The molecule has 2 heterocycles. The molecule has 3 aliphatic rings. The van der Waals surface area contributed by atoms with E-state index in [0.717, 1.165) is 89.1 Å². The normalized spacial score (nSPS) is 13.4. The largest absolute Gasteiger partial charge is 0.456 e. The minimum atomic E-state index is -0.211. The summed E-state index contributed by atoms with van der Waals surface area (Å²) >= 11 is 0. The summed E-state index contributed by atoms with van der Waals surface area (Å²) < 4.78 is 12.3. The van der Waals surface area contributed by atoms with Gasteiger partial charge in [-0.3, -0.25) is 0 Å². The number of fused-ring (bicyclic) bond motifs is 17. The second-order valence-electron chi connectivity index (χ2n) is 36.7. The summed E-state index contributed by atoms with van der Waals surface area (Å²) in [6.45, 7) is 14.3. The molecule has 0 N–H and O–H groups in total. The SMILES string of the molecule is CC1(C)c2cc(-c3ccccc3)ccc2-c2ccc(N(c3ccc(-c4ccc(-c5cccc6ccccc56)cc4)cc3)c3ccc(-c4ccc5oc6ccccc6c5c4)cc3)cc21.CC1(C)c2cc(-c3ccccc3)ccc2-c2ccc(N(c3ccc(-c4ccc5oc6ccccc6c5c4)cc3)c3ccc4c(c3)C(C)(C)c3cc(-c5ccc6ccccc6c5)ccc3-4)cc21. The number of para-hydroxylation sites is 2. The standard InChI is InChI=1S/C64H47NO.C61H43NO/c1-63(2)57-36-46(40-12-6-5-7-13-40)22-29-51(57)53-31-27-49(38-59(53)63)65(48-25-20-42(21-26-48)45-24-33-62-56(35-45)55-16-10-11-17-61(55)66-62)50-28-32-54-52-30-23-47(37-58(52)64(3,4)60(54)39-50)44-19-18-41-14-8-9-15-43(41)34-44;1-61(2)57-38-47(40-11-4-3-5-12-40)27-34-53(57)54-35-33-50(39-58(54)61)62(49-31-25-43(26-32-49)46-28-36-60-56(37-46)55-16-8-9-18-59(55)63-60)48-29-23-42(24-30-48)41-19-21-45(22-20-41)52-17-10-14-44-13-6-7-15-51(44)52/h5-39H,1-4H3;3-39H,1-2H3. The van der Waals surface area contributed by atoms with E-state index in [9.17, 15) is 0 Å². The first-order valence-corrected chi connectivity index (χ1v) is 45.0. The molecule has 612 valence electrons. The molecule has 129 heavy (non-hydrogen) atoms. The molecule has 0 saturated carbocycles. The Hall–Kier alpha value is -15.9. The second-order valence-corrected chi connectivity index (χ2v) is 36.7. The fraction of sp³-hybridized carbons (Fsp3) is 0.0720. The van der Waals surface area contributed by atoms with Crippen LogP contribution in [0.1, 0.15) is 74.9 Å². The summed E-state index contributed by atoms with van der Waals surface area (Å²) in [5.74, 6) is 0. The van der Waals surface area contributed by atoms with Crippen molar-refractivity contribution >= 4 is 99.5 Å². The molecule has 0 unspecified atom stereocenters. The van der Waals surface area contributed by atoms with Gasteiger partial charge >= 0.3 is 0 Å². The molecule has 0 saturated heterocycles. The van der Waals surface area contributed by atoms with Gasteiger partial charge in [0, 0.05) is 71.9 Å². The highest BCUT2D eigenvalue weighted by atomic mass is 16.3. The first-order chi connectivity index (χ1) is 63.1. The lowest BCUT2D eigenvalue weighted by Gasteiger charge is -2.30. The number of benzene rings is 20. The number of nitrogens with zero attached hydrogens (tertiary/aromatic N) is 2. The summed E-state index contributed by atoms with van der Waals surface area (Å²) in [5, 5.41) is 9.60. The fourth-order valence-corrected chi connectivity index (χ4v) is 21.2. The molecular weight excluding hydrogens is 1560 g/mol. The van der Waals surface area contributed by atoms with E-state index in [2.05, 4.69) is 464 Å². The molecule has 4 nitrogen and oxygen atoms in total. The van der Waals surface area contributed by atoms with Crippen molar-refractivity contribution < 1.29 is 8.83 Å². The Balaban J connectivity index is 0.000000143. The maximum absolute atomic E-state index is 6.19. The van der Waals surface area contributed by atoms with Gasteiger partial charge in [-0.25, -0.2) is 0 Å². The zero-order chi connectivity index (χ0) is 86.4. The van der Waals surface area contributed by atoms with Crippen molar-refractivity contribution in [2.45, 2.75) is 57.8 Å². The van der Waals surface area contributed by atoms with Crippen LogP contribution in [0.25, 0.3) is 177 Å². The zero-order valence-corrected chi connectivity index (χ0v) is 72.8. The molecule has 0 radical (unpaired) electrons. The van der Waals surface area contributed by atoms with Gasteiger partial charge < -0.3 is 18.6 Å². The average molecular weight is 1650 g/mol. The third-order valence-electron chi connectivity index (χ3n) is 28.2. The van der Waals surface area contributed by atoms with Gasteiger partial charge in [-0.05, 0) is 300 Å². The summed E-state index contributed by atoms with van der Waals surface area (Å²) in [7, 11) is 0. The Morgan fingerprint density at radius 3 is 0.868 bits per heavy atom. The number of anilines is 6. The summed E-state index contributed by atoms with van der Waals surface area (Å²) in [4.78, 5) is 4.86. The molecule has 3 aliphatic carbocycles. The number of hydrogen-bond acceptors (Lipinski definition) is 4. The average Bonchev–Trinajstić information content (AvgIpc) is 1.56. The van der Waals surface area contributed by atoms with Gasteiger partial charge in [0.25, 0.3) is 0 Å². The fourth-order valence-electron chi connectivity index (χ4n) is 21.2. The highest BCUT2D eigenvalue weighted by Crippen LogP contribution is 2.57. The predicted octanol–water partition coefficient (Wildman–Crippen LogP) is 35.0. The van der Waals surface area contributed by atoms with Crippen LogP contribution in [0.2, 0.25) is 0 Å². The molecule has 0 fully saturated rings. The Labute approximate surface area is 752 Å². The van der Waals surface area contributed by atoms with Crippen LogP contribution in [-0.2, 0) is 16.2 Å². The minimum Gasteiger partial charge on any atom is -0.456 e. The Morgan fingerprint density at radius 1 is 0.155 bits per heavy atom. The number of hydrogen-bond donors (Lipinski definition) is 0. The predicted molar refractivity (Wildman–Crippen MR) is 543 cm³/mol. The van der Waals surface area contributed by atoms with Crippen molar-refractivity contribution in [3.05, 3.63) is 470 Å². The number of rotatable bonds is 13. The maximum Gasteiger partial charge on any atom is 0.135 e. The molecular formula is C125H90N2O2. The third-order valence-corrected chi connectivity index (χ3v) is 28.2. The van der Waals surface area contributed by atoms with E-state index in [4.69, 9.17) is 8.83 Å². The lowest BCUT2D eigenvalue weighted by Crippen LogP contribution is -2.18. The van der Waals surface area contributed by atoms with Crippen LogP contribution < -0.4 is 9.80 Å². The molecule has 4 heteroatoms. The highest BCUT2D eigenvalue weighted by Gasteiger charge is 2.40. The molecule has 22 aromatic rings. The summed E-state index contributed by atoms with van der Waals surface area (Å²) in [6.07, 6.45) is 0. The van der Waals surface area contributed by atoms with E-state index in [1.807, 2.05) is 24.3 Å². The molecule has 0 aliphatic heterocycles. The van der Waals surface area contributed by atoms with Crippen LogP contribution >= 0.6 is 0 Å². The van der Waals surface area contributed by atoms with E-state index in [-0.39, 0.29) is 16.2 Å². The Morgan fingerprint density at radius 2 is 0.426 bits per heavy atom. The van der Waals surface area contributed by atoms with Gasteiger partial charge in [0.05, 0.1) is 0 Å². The molecule has 0 amide bonds. The first-order valence-electron chi connectivity index (χ1n) is 45.0. The second kappa shape index (κ2) is 30.2. The minimum absolute atomic E-state index is 0.182. The highest BCUT2D eigenvalue weighted by molar-refractivity contribution is 6.08. The molecule has 25 rings (SSSR count). The van der Waals surface area contributed by atoms with E-state index >= 15 is 0 Å². The van der Waals surface area contributed by atoms with Crippen LogP contribution in [0, 0.1) is 0 Å². The van der Waals surface area contributed by atoms with Crippen molar-refractivity contribution in [2.24, 2.45) is 0 Å². The van der Waals surface area contributed by atoms with E-state index in [0.29, 0.717) is 0 Å². The van der Waals surface area contributed by atoms with Gasteiger partial charge in [-0.1, -0.05) is 345 Å². The van der Waals surface area contributed by atoms with Gasteiger partial charge in [0.15, 0.2) is 0 Å². The van der Waals surface area contributed by atoms with Gasteiger partial charge in [0.2, 0.25) is 0 Å². The van der Waals surface area contributed by atoms with Crippen molar-refractivity contribution in [2.75, 3.05) is 9.80 Å². The summed E-state index contributed by atoms with van der Waals surface area (Å²) in [6, 6.07) is 160. The Bertz CT molecular complexity index is 8230. The van der Waals surface area contributed by atoms with Crippen molar-refractivity contribution in [3.8, 4) is 111 Å². The van der Waals surface area contributed by atoms with Crippen LogP contribution in [0.15, 0.2) is 446 Å². The topological polar surface area (TPSA) is 32.8 Å². The molecule has 2 aromatic heterocycles. The van der Waals surface area contributed by atoms with Crippen LogP contribution in [0.3, 0.4) is 0 Å².